The Balaban J connectivity index is 1.52. The molecule has 1 spiro atoms. The summed E-state index contributed by atoms with van der Waals surface area (Å²) in [6.45, 7) is 6.26. The van der Waals surface area contributed by atoms with E-state index in [1.807, 2.05) is 43.0 Å². The van der Waals surface area contributed by atoms with E-state index in [1.165, 1.54) is 0 Å². The molecule has 3 heterocycles. The van der Waals surface area contributed by atoms with Crippen molar-refractivity contribution in [1.29, 1.82) is 0 Å². The van der Waals surface area contributed by atoms with Crippen LogP contribution in [0.4, 0.5) is 0 Å². The Labute approximate surface area is 160 Å². The molecule has 27 heavy (non-hydrogen) atoms. The van der Waals surface area contributed by atoms with Crippen molar-refractivity contribution in [1.82, 2.24) is 15.2 Å². The van der Waals surface area contributed by atoms with Gasteiger partial charge < -0.3 is 10.2 Å². The van der Waals surface area contributed by atoms with Crippen LogP contribution in [-0.2, 0) is 4.79 Å². The number of fused-ring (bicyclic) bond motifs is 1. The summed E-state index contributed by atoms with van der Waals surface area (Å²) in [5, 5.41) is 4.00. The summed E-state index contributed by atoms with van der Waals surface area (Å²) < 4.78 is 0. The normalized spacial score (nSPS) is 19.8. The highest BCUT2D eigenvalue weighted by molar-refractivity contribution is 5.99. The van der Waals surface area contributed by atoms with E-state index in [4.69, 9.17) is 4.98 Å². The minimum absolute atomic E-state index is 0.0843. The quantitative estimate of drug-likeness (QED) is 0.843. The van der Waals surface area contributed by atoms with Crippen molar-refractivity contribution in [2.24, 2.45) is 5.41 Å². The molecule has 1 N–H and O–H groups in total. The van der Waals surface area contributed by atoms with Gasteiger partial charge in [-0.25, -0.2) is 0 Å². The number of piperidine rings is 1. The molecule has 2 aromatic rings. The van der Waals surface area contributed by atoms with Gasteiger partial charge >= 0.3 is 0 Å². The number of hydrogen-bond donors (Lipinski definition) is 1. The number of carbonyl (C=O) groups excluding carboxylic acids is 2. The minimum Gasteiger partial charge on any atom is -0.356 e. The van der Waals surface area contributed by atoms with Gasteiger partial charge in [0.25, 0.3) is 5.91 Å². The van der Waals surface area contributed by atoms with Crippen LogP contribution < -0.4 is 5.32 Å². The van der Waals surface area contributed by atoms with Crippen molar-refractivity contribution in [3.63, 3.8) is 0 Å². The molecule has 0 aliphatic carbocycles. The molecule has 5 nitrogen and oxygen atoms in total. The second kappa shape index (κ2) is 6.95. The number of aryl methyl sites for hydroxylation is 2. The molecule has 0 unspecified atom stereocenters. The Kier molecular flexibility index (Phi) is 4.62. The highest BCUT2D eigenvalue weighted by Gasteiger charge is 2.37. The molecule has 1 aromatic carbocycles. The number of amides is 2. The molecule has 142 valence electrons. The van der Waals surface area contributed by atoms with Crippen molar-refractivity contribution in [2.75, 3.05) is 19.6 Å². The summed E-state index contributed by atoms with van der Waals surface area (Å²) in [6.07, 6.45) is 4.54. The molecule has 1 aromatic heterocycles. The van der Waals surface area contributed by atoms with Crippen molar-refractivity contribution < 1.29 is 9.59 Å². The van der Waals surface area contributed by atoms with E-state index in [9.17, 15) is 9.59 Å². The molecular formula is C22H27N3O2. The average molecular weight is 365 g/mol. The van der Waals surface area contributed by atoms with E-state index in [2.05, 4.69) is 5.32 Å². The number of likely N-dealkylation sites (tertiary alicyclic amines) is 1. The van der Waals surface area contributed by atoms with Gasteiger partial charge in [0, 0.05) is 31.4 Å². The van der Waals surface area contributed by atoms with E-state index < -0.39 is 0 Å². The number of benzene rings is 1. The lowest BCUT2D eigenvalue weighted by molar-refractivity contribution is -0.121. The van der Waals surface area contributed by atoms with Crippen LogP contribution in [0.25, 0.3) is 10.9 Å². The van der Waals surface area contributed by atoms with Gasteiger partial charge in [0.05, 0.1) is 16.8 Å². The monoisotopic (exact) mass is 365 g/mol. The van der Waals surface area contributed by atoms with E-state index in [0.29, 0.717) is 12.0 Å². The number of nitrogens with zero attached hydrogens (tertiary/aromatic N) is 2. The molecule has 2 saturated heterocycles. The lowest BCUT2D eigenvalue weighted by atomic mass is 9.73. The van der Waals surface area contributed by atoms with Gasteiger partial charge in [0.2, 0.25) is 5.91 Å². The first-order chi connectivity index (χ1) is 13.0. The molecule has 2 aliphatic heterocycles. The standard InChI is InChI=1S/C22H27N3O2/c1-15-4-3-5-17-14-18(16(2)24-20(15)17)21(27)25-12-9-22(10-13-25)7-6-19(26)23-11-8-22/h3-5,14H,6-13H2,1-2H3,(H,23,26). The van der Waals surface area contributed by atoms with Gasteiger partial charge in [-0.15, -0.1) is 0 Å². The van der Waals surface area contributed by atoms with Gasteiger partial charge in [-0.05, 0) is 56.6 Å². The summed E-state index contributed by atoms with van der Waals surface area (Å²) in [5.74, 6) is 0.250. The van der Waals surface area contributed by atoms with E-state index in [-0.39, 0.29) is 17.2 Å². The van der Waals surface area contributed by atoms with Crippen LogP contribution in [0.5, 0.6) is 0 Å². The molecule has 0 saturated carbocycles. The third kappa shape index (κ3) is 3.43. The molecule has 2 fully saturated rings. The third-order valence-electron chi connectivity index (χ3n) is 6.44. The summed E-state index contributed by atoms with van der Waals surface area (Å²) in [5.41, 5.74) is 3.82. The summed E-state index contributed by atoms with van der Waals surface area (Å²) in [7, 11) is 0. The minimum atomic E-state index is 0.0843. The van der Waals surface area contributed by atoms with Crippen LogP contribution in [-0.4, -0.2) is 41.3 Å². The van der Waals surface area contributed by atoms with E-state index in [1.54, 1.807) is 0 Å². The molecule has 5 heteroatoms. The van der Waals surface area contributed by atoms with E-state index >= 15 is 0 Å². The van der Waals surface area contributed by atoms with Gasteiger partial charge in [-0.2, -0.15) is 0 Å². The fourth-order valence-electron chi connectivity index (χ4n) is 4.57. The maximum Gasteiger partial charge on any atom is 0.255 e. The maximum atomic E-state index is 13.2. The fourth-order valence-corrected chi connectivity index (χ4v) is 4.57. The number of rotatable bonds is 1. The molecule has 2 aliphatic rings. The third-order valence-corrected chi connectivity index (χ3v) is 6.44. The Hall–Kier alpha value is -2.43. The predicted molar refractivity (Wildman–Crippen MR) is 106 cm³/mol. The van der Waals surface area contributed by atoms with Gasteiger partial charge in [-0.3, -0.25) is 14.6 Å². The number of nitrogens with one attached hydrogen (secondary N) is 1. The first-order valence-electron chi connectivity index (χ1n) is 9.90. The van der Waals surface area contributed by atoms with E-state index in [0.717, 1.165) is 67.5 Å². The zero-order valence-corrected chi connectivity index (χ0v) is 16.2. The number of carbonyl (C=O) groups is 2. The van der Waals surface area contributed by atoms with Crippen molar-refractivity contribution >= 4 is 22.7 Å². The topological polar surface area (TPSA) is 62.3 Å². The number of hydrogen-bond acceptors (Lipinski definition) is 3. The maximum absolute atomic E-state index is 13.2. The largest absolute Gasteiger partial charge is 0.356 e. The molecular weight excluding hydrogens is 338 g/mol. The van der Waals surface area contributed by atoms with Crippen LogP contribution in [0.1, 0.15) is 53.7 Å². The number of para-hydroxylation sites is 1. The molecule has 4 rings (SSSR count). The molecule has 2 amide bonds. The van der Waals surface area contributed by atoms with Gasteiger partial charge in [0.15, 0.2) is 0 Å². The van der Waals surface area contributed by atoms with Gasteiger partial charge in [-0.1, -0.05) is 18.2 Å². The zero-order valence-electron chi connectivity index (χ0n) is 16.2. The van der Waals surface area contributed by atoms with Crippen LogP contribution in [0.3, 0.4) is 0 Å². The summed E-state index contributed by atoms with van der Waals surface area (Å²) in [6, 6.07) is 8.07. The first kappa shape index (κ1) is 18.0. The summed E-state index contributed by atoms with van der Waals surface area (Å²) >= 11 is 0. The first-order valence-corrected chi connectivity index (χ1v) is 9.90. The van der Waals surface area contributed by atoms with Crippen LogP contribution in [0, 0.1) is 19.3 Å². The Bertz CT molecular complexity index is 898. The predicted octanol–water partition coefficient (Wildman–Crippen LogP) is 3.37. The SMILES string of the molecule is Cc1nc2c(C)cccc2cc1C(=O)N1CCC2(CCNC(=O)CC2)CC1. The zero-order chi connectivity index (χ0) is 19.0. The van der Waals surface area contributed by atoms with Crippen LogP contribution >= 0.6 is 0 Å². The highest BCUT2D eigenvalue weighted by atomic mass is 16.2. The van der Waals surface area contributed by atoms with Crippen LogP contribution in [0.15, 0.2) is 24.3 Å². The summed E-state index contributed by atoms with van der Waals surface area (Å²) in [4.78, 5) is 31.5. The van der Waals surface area contributed by atoms with Crippen molar-refractivity contribution in [2.45, 2.75) is 46.0 Å². The Morgan fingerprint density at radius 2 is 1.93 bits per heavy atom. The fraction of sp³-hybridized carbons (Fsp3) is 0.500. The van der Waals surface area contributed by atoms with Crippen molar-refractivity contribution in [3.8, 4) is 0 Å². The average Bonchev–Trinajstić information content (AvgIpc) is 2.84. The lowest BCUT2D eigenvalue weighted by Gasteiger charge is -2.41. The molecule has 0 atom stereocenters. The highest BCUT2D eigenvalue weighted by Crippen LogP contribution is 2.40. The van der Waals surface area contributed by atoms with Gasteiger partial charge in [0.1, 0.15) is 0 Å². The molecule has 0 bridgehead atoms. The van der Waals surface area contributed by atoms with Crippen LogP contribution in [0.2, 0.25) is 0 Å². The number of pyridine rings is 1. The second-order valence-electron chi connectivity index (χ2n) is 8.16. The Morgan fingerprint density at radius 3 is 2.70 bits per heavy atom. The lowest BCUT2D eigenvalue weighted by Crippen LogP contribution is -2.43. The number of aromatic nitrogens is 1. The molecule has 0 radical (unpaired) electrons. The van der Waals surface area contributed by atoms with Crippen molar-refractivity contribution in [3.05, 3.63) is 41.1 Å². The second-order valence-corrected chi connectivity index (χ2v) is 8.16. The Morgan fingerprint density at radius 1 is 1.15 bits per heavy atom. The smallest absolute Gasteiger partial charge is 0.255 e.